The highest BCUT2D eigenvalue weighted by Crippen LogP contribution is 2.27. The zero-order chi connectivity index (χ0) is 20.8. The topological polar surface area (TPSA) is 62.6 Å². The highest BCUT2D eigenvalue weighted by molar-refractivity contribution is 6.31. The summed E-state index contributed by atoms with van der Waals surface area (Å²) in [5.74, 6) is 2.11. The molecule has 1 aromatic heterocycles. The maximum absolute atomic E-state index is 12.4. The van der Waals surface area contributed by atoms with Gasteiger partial charge in [-0.1, -0.05) is 25.4 Å². The summed E-state index contributed by atoms with van der Waals surface area (Å²) in [5.41, 5.74) is 0.602. The molecule has 1 amide bonds. The SMILES string of the molecule is COc1ccc(Cl)cc1NC(=O)CN1CCN(CCn2ccnc2C(C)C)CC1. The van der Waals surface area contributed by atoms with Gasteiger partial charge in [-0.25, -0.2) is 4.98 Å². The van der Waals surface area contributed by atoms with Crippen molar-refractivity contribution in [1.29, 1.82) is 0 Å². The molecular weight excluding hydrogens is 390 g/mol. The fourth-order valence-electron chi connectivity index (χ4n) is 3.60. The number of hydrogen-bond acceptors (Lipinski definition) is 5. The largest absolute Gasteiger partial charge is 0.495 e. The molecule has 0 aliphatic carbocycles. The monoisotopic (exact) mass is 419 g/mol. The number of halogens is 1. The number of carbonyl (C=O) groups is 1. The molecule has 1 aliphatic heterocycles. The molecule has 0 atom stereocenters. The summed E-state index contributed by atoms with van der Waals surface area (Å²) in [6.45, 7) is 10.3. The number of nitrogens with one attached hydrogen (secondary N) is 1. The van der Waals surface area contributed by atoms with E-state index in [0.717, 1.165) is 45.1 Å². The van der Waals surface area contributed by atoms with Crippen LogP contribution in [0.25, 0.3) is 0 Å². The van der Waals surface area contributed by atoms with Gasteiger partial charge in [-0.3, -0.25) is 14.6 Å². The van der Waals surface area contributed by atoms with Gasteiger partial charge < -0.3 is 14.6 Å². The summed E-state index contributed by atoms with van der Waals surface area (Å²) >= 11 is 6.03. The Bertz CT molecular complexity index is 815. The Morgan fingerprint density at radius 3 is 2.62 bits per heavy atom. The lowest BCUT2D eigenvalue weighted by atomic mass is 10.2. The number of nitrogens with zero attached hydrogens (tertiary/aromatic N) is 4. The third-order valence-corrected chi connectivity index (χ3v) is 5.42. The molecule has 8 heteroatoms. The zero-order valence-electron chi connectivity index (χ0n) is 17.4. The molecule has 7 nitrogen and oxygen atoms in total. The molecule has 1 aromatic carbocycles. The van der Waals surface area contributed by atoms with Crippen molar-refractivity contribution in [3.05, 3.63) is 41.4 Å². The number of benzene rings is 1. The summed E-state index contributed by atoms with van der Waals surface area (Å²) in [6.07, 6.45) is 3.93. The van der Waals surface area contributed by atoms with Gasteiger partial charge in [0.25, 0.3) is 0 Å². The first-order valence-electron chi connectivity index (χ1n) is 10.1. The van der Waals surface area contributed by atoms with E-state index in [2.05, 4.69) is 44.7 Å². The average molecular weight is 420 g/mol. The first kappa shape index (κ1) is 21.6. The van der Waals surface area contributed by atoms with Crippen molar-refractivity contribution in [3.63, 3.8) is 0 Å². The quantitative estimate of drug-likeness (QED) is 0.712. The summed E-state index contributed by atoms with van der Waals surface area (Å²) < 4.78 is 7.52. The van der Waals surface area contributed by atoms with E-state index in [1.54, 1.807) is 25.3 Å². The van der Waals surface area contributed by atoms with E-state index in [4.69, 9.17) is 16.3 Å². The van der Waals surface area contributed by atoms with Crippen molar-refractivity contribution in [1.82, 2.24) is 19.4 Å². The lowest BCUT2D eigenvalue weighted by Crippen LogP contribution is -2.49. The lowest BCUT2D eigenvalue weighted by molar-refractivity contribution is -0.117. The Balaban J connectivity index is 1.43. The summed E-state index contributed by atoms with van der Waals surface area (Å²) in [4.78, 5) is 21.5. The molecule has 1 saturated heterocycles. The second kappa shape index (κ2) is 10.1. The first-order valence-corrected chi connectivity index (χ1v) is 10.4. The Kier molecular flexibility index (Phi) is 7.52. The number of carbonyl (C=O) groups excluding carboxylic acids is 1. The van der Waals surface area contributed by atoms with E-state index in [9.17, 15) is 4.79 Å². The first-order chi connectivity index (χ1) is 14.0. The van der Waals surface area contributed by atoms with Crippen LogP contribution >= 0.6 is 11.6 Å². The minimum Gasteiger partial charge on any atom is -0.495 e. The molecule has 1 fully saturated rings. The molecular formula is C21H30ClN5O2. The molecule has 0 saturated carbocycles. The highest BCUT2D eigenvalue weighted by Gasteiger charge is 2.20. The minimum absolute atomic E-state index is 0.0565. The lowest BCUT2D eigenvalue weighted by Gasteiger charge is -2.34. The van der Waals surface area contributed by atoms with Crippen molar-refractivity contribution in [2.75, 3.05) is 51.7 Å². The highest BCUT2D eigenvalue weighted by atomic mass is 35.5. The van der Waals surface area contributed by atoms with Gasteiger partial charge >= 0.3 is 0 Å². The molecule has 1 N–H and O–H groups in total. The molecule has 3 rings (SSSR count). The number of imidazole rings is 1. The number of aromatic nitrogens is 2. The molecule has 29 heavy (non-hydrogen) atoms. The Labute approximate surface area is 177 Å². The van der Waals surface area contributed by atoms with Crippen molar-refractivity contribution in [3.8, 4) is 5.75 Å². The van der Waals surface area contributed by atoms with Gasteiger partial charge in [-0.2, -0.15) is 0 Å². The summed E-state index contributed by atoms with van der Waals surface area (Å²) in [6, 6.07) is 5.20. The summed E-state index contributed by atoms with van der Waals surface area (Å²) in [5, 5.41) is 3.47. The number of hydrogen-bond donors (Lipinski definition) is 1. The number of piperazine rings is 1. The van der Waals surface area contributed by atoms with Crippen LogP contribution in [0.2, 0.25) is 5.02 Å². The number of anilines is 1. The number of amides is 1. The third kappa shape index (κ3) is 5.95. The number of rotatable bonds is 8. The Hall–Kier alpha value is -2.09. The van der Waals surface area contributed by atoms with E-state index in [1.807, 2.05) is 6.20 Å². The van der Waals surface area contributed by atoms with Crippen molar-refractivity contribution < 1.29 is 9.53 Å². The van der Waals surface area contributed by atoms with Crippen LogP contribution in [0.5, 0.6) is 5.75 Å². The van der Waals surface area contributed by atoms with Crippen LogP contribution in [0, 0.1) is 0 Å². The predicted octanol–water partition coefficient (Wildman–Crippen LogP) is 2.92. The molecule has 0 unspecified atom stereocenters. The standard InChI is InChI=1S/C21H30ClN5O2/c1-16(2)21-23-6-7-27(21)13-12-25-8-10-26(11-9-25)15-20(28)24-18-14-17(22)4-5-19(18)29-3/h4-7,14,16H,8-13,15H2,1-3H3,(H,24,28). The molecule has 0 spiro atoms. The fraction of sp³-hybridized carbons (Fsp3) is 0.524. The van der Waals surface area contributed by atoms with E-state index < -0.39 is 0 Å². The summed E-state index contributed by atoms with van der Waals surface area (Å²) in [7, 11) is 1.58. The van der Waals surface area contributed by atoms with Gasteiger partial charge in [-0.05, 0) is 18.2 Å². The number of methoxy groups -OCH3 is 1. The van der Waals surface area contributed by atoms with Gasteiger partial charge in [0.2, 0.25) is 5.91 Å². The van der Waals surface area contributed by atoms with E-state index in [1.165, 1.54) is 0 Å². The van der Waals surface area contributed by atoms with Crippen molar-refractivity contribution in [2.24, 2.45) is 0 Å². The maximum atomic E-state index is 12.4. The second-order valence-corrected chi connectivity index (χ2v) is 8.08. The van der Waals surface area contributed by atoms with Crippen LogP contribution in [0.15, 0.2) is 30.6 Å². The molecule has 2 aromatic rings. The number of ether oxygens (including phenoxy) is 1. The molecule has 2 heterocycles. The van der Waals surface area contributed by atoms with Gasteiger partial charge in [0, 0.05) is 62.6 Å². The van der Waals surface area contributed by atoms with Crippen LogP contribution in [0.4, 0.5) is 5.69 Å². The van der Waals surface area contributed by atoms with E-state index >= 15 is 0 Å². The Morgan fingerprint density at radius 2 is 1.93 bits per heavy atom. The van der Waals surface area contributed by atoms with E-state index in [-0.39, 0.29) is 5.91 Å². The average Bonchev–Trinajstić information content (AvgIpc) is 3.16. The van der Waals surface area contributed by atoms with Crippen molar-refractivity contribution >= 4 is 23.2 Å². The Morgan fingerprint density at radius 1 is 1.21 bits per heavy atom. The molecule has 158 valence electrons. The molecule has 1 aliphatic rings. The van der Waals surface area contributed by atoms with Crippen LogP contribution in [-0.4, -0.2) is 71.6 Å². The van der Waals surface area contributed by atoms with Gasteiger partial charge in [0.15, 0.2) is 0 Å². The van der Waals surface area contributed by atoms with Crippen LogP contribution < -0.4 is 10.1 Å². The molecule has 0 bridgehead atoms. The molecule has 0 radical (unpaired) electrons. The maximum Gasteiger partial charge on any atom is 0.238 e. The van der Waals surface area contributed by atoms with Gasteiger partial charge in [-0.15, -0.1) is 0 Å². The fourth-order valence-corrected chi connectivity index (χ4v) is 3.77. The van der Waals surface area contributed by atoms with Crippen LogP contribution in [-0.2, 0) is 11.3 Å². The minimum atomic E-state index is -0.0565. The predicted molar refractivity (Wildman–Crippen MR) is 116 cm³/mol. The van der Waals surface area contributed by atoms with Gasteiger partial charge in [0.05, 0.1) is 19.3 Å². The van der Waals surface area contributed by atoms with E-state index in [0.29, 0.717) is 28.9 Å². The normalized spacial score (nSPS) is 15.6. The second-order valence-electron chi connectivity index (χ2n) is 7.64. The smallest absolute Gasteiger partial charge is 0.238 e. The van der Waals surface area contributed by atoms with Crippen LogP contribution in [0.1, 0.15) is 25.6 Å². The third-order valence-electron chi connectivity index (χ3n) is 5.19. The van der Waals surface area contributed by atoms with Gasteiger partial charge in [0.1, 0.15) is 11.6 Å². The van der Waals surface area contributed by atoms with Crippen molar-refractivity contribution in [2.45, 2.75) is 26.3 Å². The van der Waals surface area contributed by atoms with Crippen LogP contribution in [0.3, 0.4) is 0 Å². The zero-order valence-corrected chi connectivity index (χ0v) is 18.2.